The monoisotopic (exact) mass is 281 g/mol. The van der Waals surface area contributed by atoms with Crippen molar-refractivity contribution in [1.82, 2.24) is 9.80 Å². The molecule has 1 aliphatic heterocycles. The van der Waals surface area contributed by atoms with Crippen LogP contribution in [-0.2, 0) is 9.59 Å². The fourth-order valence-electron chi connectivity index (χ4n) is 3.27. The second-order valence-electron chi connectivity index (χ2n) is 6.20. The molecule has 0 spiro atoms. The molecule has 2 amide bonds. The Morgan fingerprint density at radius 3 is 2.30 bits per heavy atom. The van der Waals surface area contributed by atoms with Crippen LogP contribution in [0.1, 0.15) is 45.4 Å². The van der Waals surface area contributed by atoms with E-state index < -0.39 is 6.04 Å². The molecule has 1 heterocycles. The lowest BCUT2D eigenvalue weighted by atomic mass is 10.0. The molecule has 1 aliphatic carbocycles. The summed E-state index contributed by atoms with van der Waals surface area (Å²) in [4.78, 5) is 28.0. The second kappa shape index (κ2) is 7.07. The Labute approximate surface area is 121 Å². The van der Waals surface area contributed by atoms with Gasteiger partial charge in [0.05, 0.1) is 6.04 Å². The van der Waals surface area contributed by atoms with Gasteiger partial charge in [-0.05, 0) is 32.1 Å². The smallest absolute Gasteiger partial charge is 0.239 e. The number of rotatable bonds is 3. The molecule has 0 unspecified atom stereocenters. The number of nitrogens with zero attached hydrogens (tertiary/aromatic N) is 2. The van der Waals surface area contributed by atoms with Crippen molar-refractivity contribution in [3.63, 3.8) is 0 Å². The molecule has 0 aromatic heterocycles. The molecule has 114 valence electrons. The number of carbonyl (C=O) groups is 2. The largest absolute Gasteiger partial charge is 0.341 e. The third-order valence-electron chi connectivity index (χ3n) is 4.49. The highest BCUT2D eigenvalue weighted by molar-refractivity contribution is 5.81. The van der Waals surface area contributed by atoms with Gasteiger partial charge >= 0.3 is 0 Å². The Bertz CT molecular complexity index is 351. The van der Waals surface area contributed by atoms with Gasteiger partial charge in [0.2, 0.25) is 11.8 Å². The lowest BCUT2D eigenvalue weighted by Crippen LogP contribution is -2.44. The van der Waals surface area contributed by atoms with Gasteiger partial charge in [-0.1, -0.05) is 12.8 Å². The summed E-state index contributed by atoms with van der Waals surface area (Å²) in [6.07, 6.45) is 6.50. The topological polar surface area (TPSA) is 66.6 Å². The van der Waals surface area contributed by atoms with Gasteiger partial charge in [0.15, 0.2) is 0 Å². The van der Waals surface area contributed by atoms with Crippen molar-refractivity contribution in [2.75, 3.05) is 26.2 Å². The predicted octanol–water partition coefficient (Wildman–Crippen LogP) is 0.975. The van der Waals surface area contributed by atoms with Crippen molar-refractivity contribution in [3.05, 3.63) is 0 Å². The number of hydrogen-bond acceptors (Lipinski definition) is 3. The van der Waals surface area contributed by atoms with Gasteiger partial charge in [0.1, 0.15) is 0 Å². The Morgan fingerprint density at radius 2 is 1.65 bits per heavy atom. The number of carbonyl (C=O) groups excluding carboxylic acids is 2. The van der Waals surface area contributed by atoms with E-state index in [9.17, 15) is 9.59 Å². The van der Waals surface area contributed by atoms with E-state index in [1.165, 1.54) is 25.7 Å². The fraction of sp³-hybridized carbons (Fsp3) is 0.867. The number of nitrogens with two attached hydrogens (primary N) is 1. The van der Waals surface area contributed by atoms with Crippen molar-refractivity contribution in [2.45, 2.75) is 51.5 Å². The minimum Gasteiger partial charge on any atom is -0.341 e. The van der Waals surface area contributed by atoms with Gasteiger partial charge < -0.3 is 15.5 Å². The van der Waals surface area contributed by atoms with Crippen LogP contribution in [-0.4, -0.2) is 53.8 Å². The zero-order chi connectivity index (χ0) is 14.5. The summed E-state index contributed by atoms with van der Waals surface area (Å²) < 4.78 is 0. The summed E-state index contributed by atoms with van der Waals surface area (Å²) in [5.74, 6) is 0.856. The number of hydrogen-bond donors (Lipinski definition) is 1. The third-order valence-corrected chi connectivity index (χ3v) is 4.49. The molecular weight excluding hydrogens is 254 g/mol. The zero-order valence-corrected chi connectivity index (χ0v) is 12.5. The minimum absolute atomic E-state index is 0.00454. The van der Waals surface area contributed by atoms with E-state index in [0.29, 0.717) is 32.0 Å². The molecule has 5 heteroatoms. The average molecular weight is 281 g/mol. The van der Waals surface area contributed by atoms with Crippen LogP contribution in [0.25, 0.3) is 0 Å². The van der Waals surface area contributed by atoms with Crippen LogP contribution in [0.3, 0.4) is 0 Å². The molecule has 2 rings (SSSR count). The summed E-state index contributed by atoms with van der Waals surface area (Å²) in [6.45, 7) is 4.49. The first kappa shape index (κ1) is 15.3. The van der Waals surface area contributed by atoms with E-state index in [1.807, 2.05) is 4.90 Å². The summed E-state index contributed by atoms with van der Waals surface area (Å²) in [7, 11) is 0. The third kappa shape index (κ3) is 3.95. The molecule has 20 heavy (non-hydrogen) atoms. The van der Waals surface area contributed by atoms with Gasteiger partial charge in [-0.25, -0.2) is 0 Å². The SMILES string of the molecule is C[C@@H](N)C(=O)N1CCCN(C(=O)CC2CCCC2)CC1. The summed E-state index contributed by atoms with van der Waals surface area (Å²) in [5.41, 5.74) is 5.65. The maximum absolute atomic E-state index is 12.3. The molecule has 1 atom stereocenters. The molecule has 0 aromatic carbocycles. The number of amides is 2. The quantitative estimate of drug-likeness (QED) is 0.838. The standard InChI is InChI=1S/C15H27N3O2/c1-12(16)15(20)18-8-4-7-17(9-10-18)14(19)11-13-5-2-3-6-13/h12-13H,2-11,16H2,1H3/t12-/m1/s1. The Kier molecular flexibility index (Phi) is 5.40. The van der Waals surface area contributed by atoms with Crippen LogP contribution in [0.15, 0.2) is 0 Å². The van der Waals surface area contributed by atoms with Crippen LogP contribution in [0.2, 0.25) is 0 Å². The first-order valence-corrected chi connectivity index (χ1v) is 7.90. The van der Waals surface area contributed by atoms with E-state index in [0.717, 1.165) is 13.0 Å². The molecule has 2 fully saturated rings. The van der Waals surface area contributed by atoms with Crippen LogP contribution in [0.4, 0.5) is 0 Å². The highest BCUT2D eigenvalue weighted by Crippen LogP contribution is 2.28. The van der Waals surface area contributed by atoms with Gasteiger partial charge in [-0.15, -0.1) is 0 Å². The van der Waals surface area contributed by atoms with E-state index >= 15 is 0 Å². The maximum atomic E-state index is 12.3. The zero-order valence-electron chi connectivity index (χ0n) is 12.5. The highest BCUT2D eigenvalue weighted by atomic mass is 16.2. The second-order valence-corrected chi connectivity index (χ2v) is 6.20. The normalized spacial score (nSPS) is 22.7. The maximum Gasteiger partial charge on any atom is 0.239 e. The molecule has 0 aromatic rings. The average Bonchev–Trinajstić information content (AvgIpc) is 2.79. The van der Waals surface area contributed by atoms with Gasteiger partial charge in [-0.3, -0.25) is 9.59 Å². The molecule has 1 saturated carbocycles. The lowest BCUT2D eigenvalue weighted by molar-refractivity contribution is -0.134. The predicted molar refractivity (Wildman–Crippen MR) is 78.0 cm³/mol. The summed E-state index contributed by atoms with van der Waals surface area (Å²) in [6, 6.07) is -0.448. The molecule has 2 N–H and O–H groups in total. The van der Waals surface area contributed by atoms with Crippen LogP contribution in [0, 0.1) is 5.92 Å². The Morgan fingerprint density at radius 1 is 1.05 bits per heavy atom. The van der Waals surface area contributed by atoms with E-state index in [2.05, 4.69) is 0 Å². The van der Waals surface area contributed by atoms with Crippen LogP contribution < -0.4 is 5.73 Å². The van der Waals surface area contributed by atoms with Crippen molar-refractivity contribution in [2.24, 2.45) is 11.7 Å². The minimum atomic E-state index is -0.448. The fourth-order valence-corrected chi connectivity index (χ4v) is 3.27. The van der Waals surface area contributed by atoms with Gasteiger partial charge in [0.25, 0.3) is 0 Å². The Hall–Kier alpha value is -1.10. The van der Waals surface area contributed by atoms with Gasteiger partial charge in [-0.2, -0.15) is 0 Å². The van der Waals surface area contributed by atoms with Crippen molar-refractivity contribution in [1.29, 1.82) is 0 Å². The van der Waals surface area contributed by atoms with Crippen molar-refractivity contribution in [3.8, 4) is 0 Å². The van der Waals surface area contributed by atoms with Crippen LogP contribution >= 0.6 is 0 Å². The van der Waals surface area contributed by atoms with Crippen LogP contribution in [0.5, 0.6) is 0 Å². The molecule has 2 aliphatic rings. The first-order chi connectivity index (χ1) is 9.58. The van der Waals surface area contributed by atoms with E-state index in [1.54, 1.807) is 11.8 Å². The molecule has 0 radical (unpaired) electrons. The van der Waals surface area contributed by atoms with Gasteiger partial charge in [0, 0.05) is 32.6 Å². The Balaban J connectivity index is 1.82. The molecular formula is C15H27N3O2. The van der Waals surface area contributed by atoms with E-state index in [-0.39, 0.29) is 11.8 Å². The molecule has 1 saturated heterocycles. The summed E-state index contributed by atoms with van der Waals surface area (Å²) in [5, 5.41) is 0. The first-order valence-electron chi connectivity index (χ1n) is 7.90. The molecule has 5 nitrogen and oxygen atoms in total. The van der Waals surface area contributed by atoms with Crippen molar-refractivity contribution < 1.29 is 9.59 Å². The summed E-state index contributed by atoms with van der Waals surface area (Å²) >= 11 is 0. The highest BCUT2D eigenvalue weighted by Gasteiger charge is 2.25. The van der Waals surface area contributed by atoms with Crippen molar-refractivity contribution >= 4 is 11.8 Å². The lowest BCUT2D eigenvalue weighted by Gasteiger charge is -2.24. The molecule has 0 bridgehead atoms. The van der Waals surface area contributed by atoms with E-state index in [4.69, 9.17) is 5.73 Å².